The Morgan fingerprint density at radius 2 is 2.15 bits per heavy atom. The predicted molar refractivity (Wildman–Crippen MR) is 74.7 cm³/mol. The number of hydrogen-bond acceptors (Lipinski definition) is 5. The van der Waals surface area contributed by atoms with Gasteiger partial charge in [-0.2, -0.15) is 4.98 Å². The number of rotatable bonds is 3. The molecule has 1 aliphatic rings. The van der Waals surface area contributed by atoms with Crippen molar-refractivity contribution in [3.63, 3.8) is 0 Å². The highest BCUT2D eigenvalue weighted by Gasteiger charge is 2.33. The largest absolute Gasteiger partial charge is 0.337 e. The summed E-state index contributed by atoms with van der Waals surface area (Å²) in [6, 6.07) is 9.73. The highest BCUT2D eigenvalue weighted by molar-refractivity contribution is 5.82. The molecule has 2 heterocycles. The molecule has 100 valence electrons. The third-order valence-electron chi connectivity index (χ3n) is 3.72. The van der Waals surface area contributed by atoms with E-state index in [4.69, 9.17) is 10.3 Å². The van der Waals surface area contributed by atoms with E-state index in [0.717, 1.165) is 29.3 Å². The van der Waals surface area contributed by atoms with Gasteiger partial charge in [-0.1, -0.05) is 11.2 Å². The number of fused-ring (bicyclic) bond motifs is 1. The van der Waals surface area contributed by atoms with Gasteiger partial charge in [0, 0.05) is 17.1 Å². The zero-order valence-corrected chi connectivity index (χ0v) is 10.9. The van der Waals surface area contributed by atoms with Crippen LogP contribution in [0.25, 0.3) is 22.3 Å². The maximum Gasteiger partial charge on any atom is 0.244 e. The molecule has 0 spiro atoms. The van der Waals surface area contributed by atoms with Crippen molar-refractivity contribution in [2.75, 3.05) is 0 Å². The molecule has 2 aromatic heterocycles. The Kier molecular flexibility index (Phi) is 2.53. The van der Waals surface area contributed by atoms with Crippen molar-refractivity contribution in [1.82, 2.24) is 15.1 Å². The smallest absolute Gasteiger partial charge is 0.244 e. The van der Waals surface area contributed by atoms with E-state index in [-0.39, 0.29) is 6.04 Å². The van der Waals surface area contributed by atoms with Crippen molar-refractivity contribution in [3.8, 4) is 11.4 Å². The van der Waals surface area contributed by atoms with Gasteiger partial charge in [0.1, 0.15) is 0 Å². The van der Waals surface area contributed by atoms with E-state index < -0.39 is 0 Å². The quantitative estimate of drug-likeness (QED) is 0.788. The second-order valence-electron chi connectivity index (χ2n) is 5.23. The Bertz CT molecular complexity index is 763. The number of hydrogen-bond donors (Lipinski definition) is 1. The lowest BCUT2D eigenvalue weighted by Gasteiger charge is -2.01. The van der Waals surface area contributed by atoms with Crippen LogP contribution in [0.15, 0.2) is 41.1 Å². The van der Waals surface area contributed by atoms with E-state index in [1.807, 2.05) is 30.3 Å². The fraction of sp³-hybridized carbons (Fsp3) is 0.267. The molecule has 0 bridgehead atoms. The summed E-state index contributed by atoms with van der Waals surface area (Å²) in [6.45, 7) is 0. The van der Waals surface area contributed by atoms with E-state index in [1.165, 1.54) is 0 Å². The average Bonchev–Trinajstić information content (AvgIpc) is 3.23. The number of nitrogens with two attached hydrogens (primary N) is 1. The van der Waals surface area contributed by atoms with Crippen LogP contribution in [-0.4, -0.2) is 15.1 Å². The summed E-state index contributed by atoms with van der Waals surface area (Å²) in [5.41, 5.74) is 7.95. The van der Waals surface area contributed by atoms with Crippen LogP contribution in [0.4, 0.5) is 0 Å². The minimum absolute atomic E-state index is 0.127. The van der Waals surface area contributed by atoms with E-state index in [0.29, 0.717) is 17.6 Å². The average molecular weight is 266 g/mol. The Hall–Kier alpha value is -2.27. The third kappa shape index (κ3) is 1.96. The molecule has 1 saturated carbocycles. The van der Waals surface area contributed by atoms with Crippen molar-refractivity contribution in [2.24, 2.45) is 11.7 Å². The molecule has 3 aromatic rings. The molecule has 0 aliphatic heterocycles. The highest BCUT2D eigenvalue weighted by Crippen LogP contribution is 2.39. The second-order valence-corrected chi connectivity index (χ2v) is 5.23. The first-order valence-corrected chi connectivity index (χ1v) is 6.75. The molecule has 0 radical (unpaired) electrons. The molecule has 1 aromatic carbocycles. The number of benzene rings is 1. The number of aromatic nitrogens is 3. The maximum atomic E-state index is 6.08. The number of nitrogens with zero attached hydrogens (tertiary/aromatic N) is 3. The molecule has 1 unspecified atom stereocenters. The lowest BCUT2D eigenvalue weighted by molar-refractivity contribution is 0.343. The zero-order chi connectivity index (χ0) is 13.5. The molecule has 5 heteroatoms. The fourth-order valence-electron chi connectivity index (χ4n) is 2.36. The van der Waals surface area contributed by atoms with Crippen molar-refractivity contribution < 1.29 is 4.52 Å². The summed E-state index contributed by atoms with van der Waals surface area (Å²) in [5.74, 6) is 1.62. The first-order valence-electron chi connectivity index (χ1n) is 6.75. The Morgan fingerprint density at radius 1 is 1.25 bits per heavy atom. The van der Waals surface area contributed by atoms with Crippen LogP contribution in [0.2, 0.25) is 0 Å². The molecule has 0 saturated heterocycles. The topological polar surface area (TPSA) is 77.8 Å². The summed E-state index contributed by atoms with van der Waals surface area (Å²) in [4.78, 5) is 8.72. The summed E-state index contributed by atoms with van der Waals surface area (Å²) in [5, 5.41) is 5.10. The predicted octanol–water partition coefficient (Wildman–Crippen LogP) is 2.69. The van der Waals surface area contributed by atoms with E-state index >= 15 is 0 Å². The molecule has 4 rings (SSSR count). The van der Waals surface area contributed by atoms with Gasteiger partial charge in [-0.3, -0.25) is 4.98 Å². The normalized spacial score (nSPS) is 16.4. The summed E-state index contributed by atoms with van der Waals surface area (Å²) in [6.07, 6.45) is 4.09. The number of pyridine rings is 1. The van der Waals surface area contributed by atoms with Gasteiger partial charge >= 0.3 is 0 Å². The van der Waals surface area contributed by atoms with Gasteiger partial charge in [0.05, 0.1) is 11.6 Å². The van der Waals surface area contributed by atoms with Crippen LogP contribution >= 0.6 is 0 Å². The molecule has 1 atom stereocenters. The van der Waals surface area contributed by atoms with Crippen LogP contribution in [0, 0.1) is 5.92 Å². The van der Waals surface area contributed by atoms with Crippen LogP contribution in [0.3, 0.4) is 0 Å². The minimum atomic E-state index is -0.127. The van der Waals surface area contributed by atoms with E-state index in [1.54, 1.807) is 6.20 Å². The summed E-state index contributed by atoms with van der Waals surface area (Å²) in [7, 11) is 0. The fourth-order valence-corrected chi connectivity index (χ4v) is 2.36. The molecule has 1 aliphatic carbocycles. The van der Waals surface area contributed by atoms with Gasteiger partial charge in [0.15, 0.2) is 0 Å². The minimum Gasteiger partial charge on any atom is -0.337 e. The standard InChI is InChI=1S/C15H14N4O/c16-13(9-3-4-9)15-18-14(19-20-15)11-5-6-12-10(8-11)2-1-7-17-12/h1-2,5-9,13H,3-4,16H2. The molecular weight excluding hydrogens is 252 g/mol. The molecule has 1 fully saturated rings. The SMILES string of the molecule is NC(c1nc(-c2ccc3ncccc3c2)no1)C1CC1. The monoisotopic (exact) mass is 266 g/mol. The first-order chi connectivity index (χ1) is 9.81. The van der Waals surface area contributed by atoms with Crippen molar-refractivity contribution in [3.05, 3.63) is 42.4 Å². The van der Waals surface area contributed by atoms with Gasteiger partial charge in [-0.05, 0) is 43.0 Å². The van der Waals surface area contributed by atoms with Gasteiger partial charge in [0.25, 0.3) is 0 Å². The summed E-state index contributed by atoms with van der Waals surface area (Å²) < 4.78 is 5.29. The first kappa shape index (κ1) is 11.5. The van der Waals surface area contributed by atoms with Gasteiger partial charge < -0.3 is 10.3 Å². The van der Waals surface area contributed by atoms with Gasteiger partial charge in [-0.15, -0.1) is 0 Å². The summed E-state index contributed by atoms with van der Waals surface area (Å²) >= 11 is 0. The molecule has 0 amide bonds. The van der Waals surface area contributed by atoms with Gasteiger partial charge in [0.2, 0.25) is 11.7 Å². The molecule has 2 N–H and O–H groups in total. The Balaban J connectivity index is 1.71. The van der Waals surface area contributed by atoms with Crippen LogP contribution in [0.5, 0.6) is 0 Å². The van der Waals surface area contributed by atoms with Gasteiger partial charge in [-0.25, -0.2) is 0 Å². The Morgan fingerprint density at radius 3 is 3.00 bits per heavy atom. The van der Waals surface area contributed by atoms with E-state index in [2.05, 4.69) is 15.1 Å². The third-order valence-corrected chi connectivity index (χ3v) is 3.72. The van der Waals surface area contributed by atoms with Crippen molar-refractivity contribution >= 4 is 10.9 Å². The lowest BCUT2D eigenvalue weighted by Crippen LogP contribution is -2.12. The highest BCUT2D eigenvalue weighted by atomic mass is 16.5. The molecular formula is C15H14N4O. The molecule has 5 nitrogen and oxygen atoms in total. The Labute approximate surface area is 115 Å². The maximum absolute atomic E-state index is 6.08. The van der Waals surface area contributed by atoms with Crippen LogP contribution in [-0.2, 0) is 0 Å². The van der Waals surface area contributed by atoms with Crippen molar-refractivity contribution in [1.29, 1.82) is 0 Å². The lowest BCUT2D eigenvalue weighted by atomic mass is 10.1. The van der Waals surface area contributed by atoms with Crippen LogP contribution < -0.4 is 5.73 Å². The van der Waals surface area contributed by atoms with Crippen LogP contribution in [0.1, 0.15) is 24.8 Å². The van der Waals surface area contributed by atoms with E-state index in [9.17, 15) is 0 Å². The second kappa shape index (κ2) is 4.38. The zero-order valence-electron chi connectivity index (χ0n) is 10.9. The molecule has 20 heavy (non-hydrogen) atoms. The van der Waals surface area contributed by atoms with Crippen molar-refractivity contribution in [2.45, 2.75) is 18.9 Å².